The molecule has 1 aliphatic heterocycles. The number of piperazine rings is 1. The minimum absolute atomic E-state index is 0. The van der Waals surface area contributed by atoms with Gasteiger partial charge in [-0.25, -0.2) is 18.2 Å². The zero-order valence-electron chi connectivity index (χ0n) is 19.6. The van der Waals surface area contributed by atoms with Gasteiger partial charge in [-0.2, -0.15) is 0 Å². The first kappa shape index (κ1) is 31.7. The van der Waals surface area contributed by atoms with Crippen molar-refractivity contribution < 1.29 is 28.9 Å². The number of hydrogen-bond donors (Lipinski definition) is 0. The lowest BCUT2D eigenvalue weighted by Gasteiger charge is -2.34. The van der Waals surface area contributed by atoms with E-state index in [9.17, 15) is 13.2 Å². The van der Waals surface area contributed by atoms with Crippen LogP contribution in [0.4, 0.5) is 18.9 Å². The fourth-order valence-corrected chi connectivity index (χ4v) is 4.96. The standard InChI is InChI=1S/C24H22F3N3OS.2ClH.2H2O/c1-14-20(25)22(27)24-23(21(14)26)28-19(32-24)13-31-16-7-6-15-4-3-5-18(17(15)12-16)30-10-8-29(2)9-11-30;;;;/h3-7,12H,8-11,13H2,1-2H3;2*1H;2*1H2. The van der Waals surface area contributed by atoms with Gasteiger partial charge in [-0.1, -0.05) is 18.2 Å². The largest absolute Gasteiger partial charge is 0.486 e. The fourth-order valence-electron chi connectivity index (χ4n) is 4.06. The van der Waals surface area contributed by atoms with Gasteiger partial charge in [0.15, 0.2) is 17.5 Å². The third kappa shape index (κ3) is 5.80. The number of halogens is 5. The van der Waals surface area contributed by atoms with Crippen LogP contribution >= 0.6 is 36.2 Å². The maximum Gasteiger partial charge on any atom is 0.178 e. The van der Waals surface area contributed by atoms with Crippen molar-refractivity contribution in [2.24, 2.45) is 0 Å². The summed E-state index contributed by atoms with van der Waals surface area (Å²) in [5.41, 5.74) is 0.649. The number of ether oxygens (including phenoxy) is 1. The summed E-state index contributed by atoms with van der Waals surface area (Å²) in [5.74, 6) is -2.42. The quantitative estimate of drug-likeness (QED) is 0.335. The van der Waals surface area contributed by atoms with Crippen molar-refractivity contribution in [3.05, 3.63) is 64.4 Å². The molecule has 0 unspecified atom stereocenters. The predicted molar refractivity (Wildman–Crippen MR) is 144 cm³/mol. The van der Waals surface area contributed by atoms with E-state index < -0.39 is 17.5 Å². The monoisotopic (exact) mass is 565 g/mol. The van der Waals surface area contributed by atoms with Crippen LogP contribution in [0.1, 0.15) is 10.6 Å². The molecule has 1 fully saturated rings. The van der Waals surface area contributed by atoms with Gasteiger partial charge in [0, 0.05) is 42.8 Å². The molecule has 3 aromatic carbocycles. The molecule has 0 bridgehead atoms. The lowest BCUT2D eigenvalue weighted by atomic mass is 10.1. The molecule has 4 aromatic rings. The molecule has 1 saturated heterocycles. The van der Waals surface area contributed by atoms with Gasteiger partial charge in [0.1, 0.15) is 22.9 Å². The van der Waals surface area contributed by atoms with Crippen LogP contribution < -0.4 is 9.64 Å². The molecule has 0 radical (unpaired) electrons. The van der Waals surface area contributed by atoms with Gasteiger partial charge < -0.3 is 25.5 Å². The first-order valence-electron chi connectivity index (χ1n) is 10.4. The van der Waals surface area contributed by atoms with Gasteiger partial charge in [0.25, 0.3) is 0 Å². The minimum Gasteiger partial charge on any atom is -0.486 e. The van der Waals surface area contributed by atoms with Gasteiger partial charge in [-0.05, 0) is 37.6 Å². The van der Waals surface area contributed by atoms with Crippen molar-refractivity contribution >= 4 is 62.8 Å². The van der Waals surface area contributed by atoms with Crippen LogP contribution in [0.25, 0.3) is 21.0 Å². The highest BCUT2D eigenvalue weighted by molar-refractivity contribution is 7.18. The van der Waals surface area contributed by atoms with Crippen LogP contribution in [0.5, 0.6) is 5.75 Å². The smallest absolute Gasteiger partial charge is 0.178 e. The van der Waals surface area contributed by atoms with Gasteiger partial charge >= 0.3 is 0 Å². The van der Waals surface area contributed by atoms with Gasteiger partial charge in [-0.3, -0.25) is 0 Å². The van der Waals surface area contributed by atoms with Crippen molar-refractivity contribution in [3.8, 4) is 5.75 Å². The third-order valence-corrected chi connectivity index (χ3v) is 6.99. The molecule has 4 N–H and O–H groups in total. The second kappa shape index (κ2) is 12.8. The number of fused-ring (bicyclic) bond motifs is 2. The van der Waals surface area contributed by atoms with Gasteiger partial charge in [0.05, 0.1) is 4.70 Å². The van der Waals surface area contributed by atoms with Crippen LogP contribution in [-0.2, 0) is 6.61 Å². The Hall–Kier alpha value is -2.34. The number of benzene rings is 3. The summed E-state index contributed by atoms with van der Waals surface area (Å²) in [7, 11) is 2.13. The lowest BCUT2D eigenvalue weighted by Crippen LogP contribution is -2.44. The Morgan fingerprint density at radius 3 is 2.33 bits per heavy atom. The molecule has 0 spiro atoms. The van der Waals surface area contributed by atoms with Crippen molar-refractivity contribution in [3.63, 3.8) is 0 Å². The van der Waals surface area contributed by atoms with E-state index in [1.807, 2.05) is 18.2 Å². The van der Waals surface area contributed by atoms with Crippen LogP contribution in [0.15, 0.2) is 36.4 Å². The zero-order valence-corrected chi connectivity index (χ0v) is 22.1. The number of rotatable bonds is 4. The van der Waals surface area contributed by atoms with E-state index >= 15 is 0 Å². The number of likely N-dealkylation sites (N-methyl/N-ethyl adjacent to an activating group) is 1. The number of hydrogen-bond acceptors (Lipinski definition) is 5. The Kier molecular flexibility index (Phi) is 11.2. The molecule has 0 amide bonds. The molecule has 36 heavy (non-hydrogen) atoms. The van der Waals surface area contributed by atoms with E-state index in [1.54, 1.807) is 0 Å². The topological polar surface area (TPSA) is 91.6 Å². The number of thiazole rings is 1. The maximum atomic E-state index is 14.3. The summed E-state index contributed by atoms with van der Waals surface area (Å²) in [6.45, 7) is 5.19. The Bertz CT molecular complexity index is 1290. The van der Waals surface area contributed by atoms with Gasteiger partial charge in [-0.15, -0.1) is 36.2 Å². The predicted octanol–water partition coefficient (Wildman–Crippen LogP) is 4.70. The summed E-state index contributed by atoms with van der Waals surface area (Å²) in [5, 5.41) is 2.59. The summed E-state index contributed by atoms with van der Waals surface area (Å²) < 4.78 is 48.2. The Labute approximate surface area is 223 Å². The van der Waals surface area contributed by atoms with E-state index in [4.69, 9.17) is 4.74 Å². The van der Waals surface area contributed by atoms with Crippen LogP contribution in [0.3, 0.4) is 0 Å². The molecule has 0 atom stereocenters. The van der Waals surface area contributed by atoms with Crippen LogP contribution in [0.2, 0.25) is 0 Å². The van der Waals surface area contributed by atoms with Crippen molar-refractivity contribution in [1.82, 2.24) is 9.88 Å². The molecule has 0 aliphatic carbocycles. The molecule has 0 saturated carbocycles. The summed E-state index contributed by atoms with van der Waals surface area (Å²) >= 11 is 0.906. The zero-order chi connectivity index (χ0) is 22.4. The second-order valence-corrected chi connectivity index (χ2v) is 9.17. The third-order valence-electron chi connectivity index (χ3n) is 5.97. The van der Waals surface area contributed by atoms with E-state index in [0.29, 0.717) is 10.8 Å². The van der Waals surface area contributed by atoms with E-state index in [0.717, 1.165) is 54.0 Å². The fraction of sp³-hybridized carbons (Fsp3) is 0.292. The van der Waals surface area contributed by atoms with Crippen molar-refractivity contribution in [2.45, 2.75) is 13.5 Å². The highest BCUT2D eigenvalue weighted by Crippen LogP contribution is 2.33. The highest BCUT2D eigenvalue weighted by atomic mass is 35.5. The van der Waals surface area contributed by atoms with E-state index in [-0.39, 0.29) is 58.2 Å². The summed E-state index contributed by atoms with van der Waals surface area (Å²) in [6.07, 6.45) is 0. The SMILES string of the molecule is Cc1c(F)c(F)c2sc(COc3ccc4cccc(N5CCN(C)CC5)c4c3)nc2c1F.Cl.Cl.O.O. The molecule has 12 heteroatoms. The average molecular weight is 566 g/mol. The number of nitrogens with zero attached hydrogens (tertiary/aromatic N) is 3. The molecule has 1 aliphatic rings. The van der Waals surface area contributed by atoms with Gasteiger partial charge in [0.2, 0.25) is 0 Å². The summed E-state index contributed by atoms with van der Waals surface area (Å²) in [4.78, 5) is 8.84. The number of aromatic nitrogens is 1. The molecular weight excluding hydrogens is 538 g/mol. The van der Waals surface area contributed by atoms with Crippen molar-refractivity contribution in [1.29, 1.82) is 0 Å². The Morgan fingerprint density at radius 2 is 1.64 bits per heavy atom. The first-order chi connectivity index (χ1) is 15.4. The molecular formula is C24H28Cl2F3N3O3S. The highest BCUT2D eigenvalue weighted by Gasteiger charge is 2.21. The van der Waals surface area contributed by atoms with Crippen LogP contribution in [0, 0.1) is 24.4 Å². The Balaban J connectivity index is 0.00000162. The number of anilines is 1. The van der Waals surface area contributed by atoms with E-state index in [2.05, 4.69) is 40.0 Å². The Morgan fingerprint density at radius 1 is 0.944 bits per heavy atom. The molecule has 6 nitrogen and oxygen atoms in total. The summed E-state index contributed by atoms with van der Waals surface area (Å²) in [6, 6.07) is 12.1. The normalized spacial score (nSPS) is 13.4. The lowest BCUT2D eigenvalue weighted by molar-refractivity contribution is 0.306. The molecule has 2 heterocycles. The molecule has 198 valence electrons. The average Bonchev–Trinajstić information content (AvgIpc) is 3.25. The van der Waals surface area contributed by atoms with Crippen molar-refractivity contribution in [2.75, 3.05) is 38.1 Å². The van der Waals surface area contributed by atoms with E-state index in [1.165, 1.54) is 6.92 Å². The first-order valence-corrected chi connectivity index (χ1v) is 11.3. The second-order valence-electron chi connectivity index (χ2n) is 8.09. The molecule has 5 rings (SSSR count). The maximum absolute atomic E-state index is 14.3. The van der Waals surface area contributed by atoms with Crippen LogP contribution in [-0.4, -0.2) is 54.1 Å². The minimum atomic E-state index is -1.17. The molecule has 1 aromatic heterocycles.